The summed E-state index contributed by atoms with van der Waals surface area (Å²) in [4.78, 5) is 10.5. The Morgan fingerprint density at radius 3 is 2.33 bits per heavy atom. The fourth-order valence-corrected chi connectivity index (χ4v) is 1.23. The number of alkyl halides is 3. The van der Waals surface area contributed by atoms with E-state index in [-0.39, 0.29) is 12.2 Å². The van der Waals surface area contributed by atoms with E-state index in [1.165, 1.54) is 24.3 Å². The van der Waals surface area contributed by atoms with Crippen LogP contribution in [0, 0.1) is 0 Å². The van der Waals surface area contributed by atoms with E-state index in [1.807, 2.05) is 0 Å². The molecular formula is C11H12F3NO3. The molecule has 0 amide bonds. The first-order valence-electron chi connectivity index (χ1n) is 5.05. The lowest BCUT2D eigenvalue weighted by Gasteiger charge is -2.10. The maximum atomic E-state index is 11.9. The number of hydrogen-bond donors (Lipinski definition) is 2. The summed E-state index contributed by atoms with van der Waals surface area (Å²) < 4.78 is 40.1. The molecule has 0 aliphatic carbocycles. The summed E-state index contributed by atoms with van der Waals surface area (Å²) in [6.07, 6.45) is -4.28. The third kappa shape index (κ3) is 5.05. The van der Waals surface area contributed by atoms with Crippen LogP contribution in [0.25, 0.3) is 0 Å². The van der Waals surface area contributed by atoms with E-state index in [0.717, 1.165) is 0 Å². The van der Waals surface area contributed by atoms with E-state index in [9.17, 15) is 18.0 Å². The van der Waals surface area contributed by atoms with Crippen molar-refractivity contribution in [2.45, 2.75) is 18.6 Å². The number of aliphatic carboxylic acids is 1. The third-order valence-electron chi connectivity index (χ3n) is 2.10. The molecule has 0 fully saturated rings. The molecule has 1 rings (SSSR count). The van der Waals surface area contributed by atoms with E-state index < -0.39 is 24.8 Å². The summed E-state index contributed by atoms with van der Waals surface area (Å²) in [6.45, 7) is -1.36. The Kier molecular flexibility index (Phi) is 4.55. The van der Waals surface area contributed by atoms with E-state index in [1.54, 1.807) is 0 Å². The quantitative estimate of drug-likeness (QED) is 0.846. The molecule has 100 valence electrons. The third-order valence-corrected chi connectivity index (χ3v) is 2.10. The largest absolute Gasteiger partial charge is 0.484 e. The van der Waals surface area contributed by atoms with E-state index in [0.29, 0.717) is 5.56 Å². The number of carbonyl (C=O) groups is 1. The molecule has 4 nitrogen and oxygen atoms in total. The van der Waals surface area contributed by atoms with Crippen LogP contribution in [0.2, 0.25) is 0 Å². The van der Waals surface area contributed by atoms with Gasteiger partial charge in [0.25, 0.3) is 0 Å². The molecule has 0 aromatic heterocycles. The number of carboxylic acid groups (broad SMARTS) is 1. The predicted octanol–water partition coefficient (Wildman–Crippen LogP) is 1.58. The molecule has 18 heavy (non-hydrogen) atoms. The minimum absolute atomic E-state index is 0.0694. The normalized spacial score (nSPS) is 13.1. The van der Waals surface area contributed by atoms with Gasteiger partial charge in [0.15, 0.2) is 6.61 Å². The van der Waals surface area contributed by atoms with Gasteiger partial charge in [0.05, 0.1) is 0 Å². The van der Waals surface area contributed by atoms with E-state index >= 15 is 0 Å². The maximum absolute atomic E-state index is 11.9. The van der Waals surface area contributed by atoms with Gasteiger partial charge in [-0.2, -0.15) is 13.2 Å². The summed E-state index contributed by atoms with van der Waals surface area (Å²) in [5.74, 6) is -1.06. The number of halogens is 3. The molecule has 0 bridgehead atoms. The van der Waals surface area contributed by atoms with Gasteiger partial charge < -0.3 is 15.6 Å². The minimum Gasteiger partial charge on any atom is -0.484 e. The highest BCUT2D eigenvalue weighted by atomic mass is 19.4. The van der Waals surface area contributed by atoms with Crippen LogP contribution in [-0.2, 0) is 11.2 Å². The van der Waals surface area contributed by atoms with Crippen LogP contribution in [0.5, 0.6) is 5.75 Å². The minimum atomic E-state index is -4.38. The van der Waals surface area contributed by atoms with Gasteiger partial charge in [-0.25, -0.2) is 0 Å². The van der Waals surface area contributed by atoms with Crippen molar-refractivity contribution < 1.29 is 27.8 Å². The van der Waals surface area contributed by atoms with Crippen LogP contribution in [-0.4, -0.2) is 29.9 Å². The van der Waals surface area contributed by atoms with Crippen molar-refractivity contribution in [3.63, 3.8) is 0 Å². The number of carboxylic acids is 1. The maximum Gasteiger partial charge on any atom is 0.422 e. The van der Waals surface area contributed by atoms with Crippen LogP contribution in [0.4, 0.5) is 13.2 Å². The number of rotatable bonds is 5. The molecule has 0 radical (unpaired) electrons. The van der Waals surface area contributed by atoms with Gasteiger partial charge in [-0.05, 0) is 24.1 Å². The predicted molar refractivity (Wildman–Crippen MR) is 57.3 cm³/mol. The Bertz CT molecular complexity index is 403. The topological polar surface area (TPSA) is 72.5 Å². The molecular weight excluding hydrogens is 251 g/mol. The molecule has 1 unspecified atom stereocenters. The second-order valence-electron chi connectivity index (χ2n) is 3.70. The zero-order chi connectivity index (χ0) is 13.8. The number of benzene rings is 1. The van der Waals surface area contributed by atoms with Crippen molar-refractivity contribution in [1.29, 1.82) is 0 Å². The molecule has 3 N–H and O–H groups in total. The fraction of sp³-hybridized carbons (Fsp3) is 0.364. The summed E-state index contributed by atoms with van der Waals surface area (Å²) in [7, 11) is 0. The Morgan fingerprint density at radius 1 is 1.33 bits per heavy atom. The van der Waals surface area contributed by atoms with Crippen LogP contribution in [0.3, 0.4) is 0 Å². The number of ether oxygens (including phenoxy) is 1. The lowest BCUT2D eigenvalue weighted by atomic mass is 10.1. The van der Waals surface area contributed by atoms with Crippen LogP contribution in [0.1, 0.15) is 5.56 Å². The molecule has 1 aromatic rings. The smallest absolute Gasteiger partial charge is 0.422 e. The molecule has 0 aliphatic heterocycles. The Morgan fingerprint density at radius 2 is 1.89 bits per heavy atom. The monoisotopic (exact) mass is 263 g/mol. The van der Waals surface area contributed by atoms with Gasteiger partial charge in [0.1, 0.15) is 11.8 Å². The Labute approximate surface area is 101 Å². The molecule has 0 heterocycles. The molecule has 1 aromatic carbocycles. The van der Waals surface area contributed by atoms with Crippen molar-refractivity contribution in [1.82, 2.24) is 0 Å². The molecule has 0 aliphatic rings. The second kappa shape index (κ2) is 5.72. The van der Waals surface area contributed by atoms with Crippen molar-refractivity contribution in [3.8, 4) is 5.75 Å². The molecule has 0 spiro atoms. The zero-order valence-corrected chi connectivity index (χ0v) is 9.28. The Balaban J connectivity index is 2.55. The average Bonchev–Trinajstić information content (AvgIpc) is 2.27. The van der Waals surface area contributed by atoms with Gasteiger partial charge in [-0.3, -0.25) is 4.79 Å². The fourth-order valence-electron chi connectivity index (χ4n) is 1.23. The molecule has 1 atom stereocenters. The first-order valence-corrected chi connectivity index (χ1v) is 5.05. The van der Waals surface area contributed by atoms with Crippen molar-refractivity contribution in [2.24, 2.45) is 5.73 Å². The van der Waals surface area contributed by atoms with Gasteiger partial charge in [0, 0.05) is 0 Å². The average molecular weight is 263 g/mol. The number of nitrogens with two attached hydrogens (primary N) is 1. The highest BCUT2D eigenvalue weighted by molar-refractivity contribution is 5.73. The van der Waals surface area contributed by atoms with Gasteiger partial charge in [-0.1, -0.05) is 12.1 Å². The molecule has 0 saturated carbocycles. The highest BCUT2D eigenvalue weighted by Gasteiger charge is 2.28. The summed E-state index contributed by atoms with van der Waals surface area (Å²) in [5.41, 5.74) is 5.94. The summed E-state index contributed by atoms with van der Waals surface area (Å²) in [6, 6.07) is 4.61. The first kappa shape index (κ1) is 14.3. The Hall–Kier alpha value is -1.76. The second-order valence-corrected chi connectivity index (χ2v) is 3.70. The van der Waals surface area contributed by atoms with Crippen molar-refractivity contribution in [2.75, 3.05) is 6.61 Å². The summed E-state index contributed by atoms with van der Waals surface area (Å²) >= 11 is 0. The van der Waals surface area contributed by atoms with Crippen LogP contribution in [0.15, 0.2) is 24.3 Å². The van der Waals surface area contributed by atoms with E-state index in [4.69, 9.17) is 10.8 Å². The van der Waals surface area contributed by atoms with Gasteiger partial charge >= 0.3 is 12.1 Å². The van der Waals surface area contributed by atoms with E-state index in [2.05, 4.69) is 4.74 Å². The zero-order valence-electron chi connectivity index (χ0n) is 9.28. The van der Waals surface area contributed by atoms with Crippen molar-refractivity contribution in [3.05, 3.63) is 29.8 Å². The molecule has 7 heteroatoms. The van der Waals surface area contributed by atoms with Crippen LogP contribution < -0.4 is 10.5 Å². The van der Waals surface area contributed by atoms with Gasteiger partial charge in [0.2, 0.25) is 0 Å². The van der Waals surface area contributed by atoms with Gasteiger partial charge in [-0.15, -0.1) is 0 Å². The SMILES string of the molecule is NC(Cc1ccc(OCC(F)(F)F)cc1)C(=O)O. The standard InChI is InChI=1S/C11H12F3NO3/c12-11(13,14)6-18-8-3-1-7(2-4-8)5-9(15)10(16)17/h1-4,9H,5-6,15H2,(H,16,17). The number of hydrogen-bond acceptors (Lipinski definition) is 3. The summed E-state index contributed by atoms with van der Waals surface area (Å²) in [5, 5.41) is 8.60. The highest BCUT2D eigenvalue weighted by Crippen LogP contribution is 2.19. The van der Waals surface area contributed by atoms with Crippen molar-refractivity contribution >= 4 is 5.97 Å². The lowest BCUT2D eigenvalue weighted by molar-refractivity contribution is -0.153. The first-order chi connectivity index (χ1) is 8.28. The van der Waals surface area contributed by atoms with Crippen LogP contribution >= 0.6 is 0 Å². The lowest BCUT2D eigenvalue weighted by Crippen LogP contribution is -2.32. The molecule has 0 saturated heterocycles.